The normalized spacial score (nSPS) is 13.0. The summed E-state index contributed by atoms with van der Waals surface area (Å²) in [6.07, 6.45) is -1.85. The van der Waals surface area contributed by atoms with E-state index in [4.69, 9.17) is 10.6 Å². The van der Waals surface area contributed by atoms with Crippen molar-refractivity contribution in [2.24, 2.45) is 5.84 Å². The maximum atomic E-state index is 11.8. The van der Waals surface area contributed by atoms with Crippen LogP contribution < -0.4 is 11.3 Å². The molecule has 0 amide bonds. The summed E-state index contributed by atoms with van der Waals surface area (Å²) in [4.78, 5) is 0. The number of benzene rings is 1. The van der Waals surface area contributed by atoms with Gasteiger partial charge in [0.2, 0.25) is 0 Å². The van der Waals surface area contributed by atoms with Crippen molar-refractivity contribution in [2.45, 2.75) is 18.9 Å². The summed E-state index contributed by atoms with van der Waals surface area (Å²) >= 11 is 0. The van der Waals surface area contributed by atoms with Crippen molar-refractivity contribution in [1.82, 2.24) is 5.43 Å². The Morgan fingerprint density at radius 3 is 2.50 bits per heavy atom. The Morgan fingerprint density at radius 1 is 1.25 bits per heavy atom. The highest BCUT2D eigenvalue weighted by Crippen LogP contribution is 2.15. The zero-order valence-corrected chi connectivity index (χ0v) is 8.90. The van der Waals surface area contributed by atoms with Crippen LogP contribution >= 0.6 is 0 Å². The van der Waals surface area contributed by atoms with E-state index in [1.165, 1.54) is 0 Å². The maximum absolute atomic E-state index is 11.8. The van der Waals surface area contributed by atoms with E-state index in [-0.39, 0.29) is 12.6 Å². The van der Waals surface area contributed by atoms with Crippen molar-refractivity contribution in [3.8, 4) is 0 Å². The third-order valence-electron chi connectivity index (χ3n) is 2.20. The molecule has 0 aromatic heterocycles. The smallest absolute Gasteiger partial charge is 0.261 e. The molecule has 0 heterocycles. The summed E-state index contributed by atoms with van der Waals surface area (Å²) in [5.74, 6) is 5.39. The molecule has 1 atom stereocenters. The number of rotatable bonds is 7. The summed E-state index contributed by atoms with van der Waals surface area (Å²) in [6.45, 7) is -0.264. The molecule has 0 bridgehead atoms. The predicted molar refractivity (Wildman–Crippen MR) is 57.9 cm³/mol. The van der Waals surface area contributed by atoms with Crippen molar-refractivity contribution >= 4 is 0 Å². The third-order valence-corrected chi connectivity index (χ3v) is 2.20. The first-order chi connectivity index (χ1) is 7.74. The highest BCUT2D eigenvalue weighted by molar-refractivity contribution is 5.18. The zero-order valence-electron chi connectivity index (χ0n) is 8.90. The van der Waals surface area contributed by atoms with Gasteiger partial charge in [-0.3, -0.25) is 11.3 Å². The highest BCUT2D eigenvalue weighted by atomic mass is 19.3. The Labute approximate surface area is 93.6 Å². The number of hydrazine groups is 1. The summed E-state index contributed by atoms with van der Waals surface area (Å²) in [5, 5.41) is 0. The predicted octanol–water partition coefficient (Wildman–Crippen LogP) is 1.86. The molecule has 16 heavy (non-hydrogen) atoms. The quantitative estimate of drug-likeness (QED) is 0.427. The first-order valence-corrected chi connectivity index (χ1v) is 5.11. The van der Waals surface area contributed by atoms with Gasteiger partial charge in [-0.05, 0) is 12.0 Å². The fraction of sp³-hybridized carbons (Fsp3) is 0.455. The number of hydrogen-bond donors (Lipinski definition) is 2. The lowest BCUT2D eigenvalue weighted by molar-refractivity contribution is 0.0143. The van der Waals surface area contributed by atoms with Gasteiger partial charge in [0.15, 0.2) is 0 Å². The van der Waals surface area contributed by atoms with Gasteiger partial charge in [-0.2, -0.15) is 0 Å². The molecule has 0 aliphatic heterocycles. The van der Waals surface area contributed by atoms with Gasteiger partial charge in [0.25, 0.3) is 6.43 Å². The molecule has 0 fully saturated rings. The fourth-order valence-corrected chi connectivity index (χ4v) is 1.41. The van der Waals surface area contributed by atoms with Crippen LogP contribution in [0.4, 0.5) is 8.78 Å². The summed E-state index contributed by atoms with van der Waals surface area (Å²) in [7, 11) is 0. The third kappa shape index (κ3) is 4.65. The van der Waals surface area contributed by atoms with Gasteiger partial charge in [0.1, 0.15) is 6.61 Å². The molecule has 90 valence electrons. The molecule has 0 aliphatic carbocycles. The SMILES string of the molecule is NNC(CCOCC(F)F)c1ccccc1. The van der Waals surface area contributed by atoms with E-state index in [0.717, 1.165) is 5.56 Å². The summed E-state index contributed by atoms with van der Waals surface area (Å²) in [6, 6.07) is 9.50. The van der Waals surface area contributed by atoms with Gasteiger partial charge >= 0.3 is 0 Å². The van der Waals surface area contributed by atoms with Crippen molar-refractivity contribution in [1.29, 1.82) is 0 Å². The molecule has 0 aliphatic rings. The number of nitrogens with two attached hydrogens (primary N) is 1. The summed E-state index contributed by atoms with van der Waals surface area (Å²) in [5.41, 5.74) is 3.66. The fourth-order valence-electron chi connectivity index (χ4n) is 1.41. The minimum Gasteiger partial charge on any atom is -0.375 e. The van der Waals surface area contributed by atoms with Crippen LogP contribution in [0.15, 0.2) is 30.3 Å². The van der Waals surface area contributed by atoms with Gasteiger partial charge in [0, 0.05) is 12.6 Å². The van der Waals surface area contributed by atoms with Crippen LogP contribution in [0, 0.1) is 0 Å². The van der Waals surface area contributed by atoms with E-state index >= 15 is 0 Å². The lowest BCUT2D eigenvalue weighted by atomic mass is 10.1. The zero-order chi connectivity index (χ0) is 11.8. The lowest BCUT2D eigenvalue weighted by Crippen LogP contribution is -2.29. The first kappa shape index (κ1) is 13.0. The van der Waals surface area contributed by atoms with Crippen LogP contribution in [0.5, 0.6) is 0 Å². The topological polar surface area (TPSA) is 47.3 Å². The molecule has 0 saturated carbocycles. The molecule has 5 heteroatoms. The number of ether oxygens (including phenoxy) is 1. The first-order valence-electron chi connectivity index (χ1n) is 5.11. The Hall–Kier alpha value is -1.04. The van der Waals surface area contributed by atoms with Gasteiger partial charge in [-0.25, -0.2) is 8.78 Å². The number of halogens is 2. The molecular weight excluding hydrogens is 214 g/mol. The van der Waals surface area contributed by atoms with Gasteiger partial charge in [-0.1, -0.05) is 30.3 Å². The van der Waals surface area contributed by atoms with Crippen LogP contribution in [-0.2, 0) is 4.74 Å². The van der Waals surface area contributed by atoms with E-state index < -0.39 is 13.0 Å². The maximum Gasteiger partial charge on any atom is 0.261 e. The van der Waals surface area contributed by atoms with Gasteiger partial charge < -0.3 is 4.74 Å². The Bertz CT molecular complexity index is 283. The van der Waals surface area contributed by atoms with Crippen molar-refractivity contribution in [2.75, 3.05) is 13.2 Å². The van der Waals surface area contributed by atoms with Crippen LogP contribution in [0.2, 0.25) is 0 Å². The monoisotopic (exact) mass is 230 g/mol. The van der Waals surface area contributed by atoms with Crippen LogP contribution in [0.1, 0.15) is 18.0 Å². The molecule has 1 aromatic rings. The molecule has 0 spiro atoms. The molecule has 3 N–H and O–H groups in total. The number of hydrogen-bond acceptors (Lipinski definition) is 3. The van der Waals surface area contributed by atoms with Crippen molar-refractivity contribution in [3.63, 3.8) is 0 Å². The Balaban J connectivity index is 2.33. The van der Waals surface area contributed by atoms with Crippen LogP contribution in [-0.4, -0.2) is 19.6 Å². The molecule has 0 saturated heterocycles. The molecule has 1 aromatic carbocycles. The van der Waals surface area contributed by atoms with Crippen molar-refractivity contribution < 1.29 is 13.5 Å². The number of nitrogens with one attached hydrogen (secondary N) is 1. The average molecular weight is 230 g/mol. The lowest BCUT2D eigenvalue weighted by Gasteiger charge is -2.16. The Kier molecular flexibility index (Phi) is 5.92. The number of alkyl halides is 2. The Morgan fingerprint density at radius 2 is 1.94 bits per heavy atom. The second-order valence-corrected chi connectivity index (χ2v) is 3.38. The van der Waals surface area contributed by atoms with Gasteiger partial charge in [-0.15, -0.1) is 0 Å². The van der Waals surface area contributed by atoms with Gasteiger partial charge in [0.05, 0.1) is 0 Å². The molecule has 1 rings (SSSR count). The second-order valence-electron chi connectivity index (χ2n) is 3.38. The standard InChI is InChI=1S/C11H16F2N2O/c12-11(13)8-16-7-6-10(15-14)9-4-2-1-3-5-9/h1-5,10-11,15H,6-8,14H2. The average Bonchev–Trinajstić information content (AvgIpc) is 2.30. The molecule has 1 unspecified atom stereocenters. The minimum absolute atomic E-state index is 0.0705. The van der Waals surface area contributed by atoms with Crippen LogP contribution in [0.3, 0.4) is 0 Å². The summed E-state index contributed by atoms with van der Waals surface area (Å²) < 4.78 is 28.4. The van der Waals surface area contributed by atoms with E-state index in [1.807, 2.05) is 30.3 Å². The van der Waals surface area contributed by atoms with E-state index in [0.29, 0.717) is 6.42 Å². The molecular formula is C11H16F2N2O. The second kappa shape index (κ2) is 7.27. The van der Waals surface area contributed by atoms with Crippen molar-refractivity contribution in [3.05, 3.63) is 35.9 Å². The van der Waals surface area contributed by atoms with E-state index in [9.17, 15) is 8.78 Å². The minimum atomic E-state index is -2.42. The van der Waals surface area contributed by atoms with E-state index in [2.05, 4.69) is 5.43 Å². The highest BCUT2D eigenvalue weighted by Gasteiger charge is 2.09. The van der Waals surface area contributed by atoms with Crippen LogP contribution in [0.25, 0.3) is 0 Å². The molecule has 3 nitrogen and oxygen atoms in total. The largest absolute Gasteiger partial charge is 0.375 e. The molecule has 0 radical (unpaired) electrons. The van der Waals surface area contributed by atoms with E-state index in [1.54, 1.807) is 0 Å².